The van der Waals surface area contributed by atoms with Crippen LogP contribution >= 0.6 is 0 Å². The predicted octanol–water partition coefficient (Wildman–Crippen LogP) is 3.28. The van der Waals surface area contributed by atoms with Crippen molar-refractivity contribution in [3.05, 3.63) is 0 Å². The molecular weight excluding hydrogens is 208 g/mol. The lowest BCUT2D eigenvalue weighted by molar-refractivity contribution is 0.133. The summed E-state index contributed by atoms with van der Waals surface area (Å²) in [6.07, 6.45) is 6.86. The van der Waals surface area contributed by atoms with Gasteiger partial charge in [0.25, 0.3) is 0 Å². The Morgan fingerprint density at radius 3 is 2.35 bits per heavy atom. The van der Waals surface area contributed by atoms with Crippen molar-refractivity contribution in [2.24, 2.45) is 5.92 Å². The second-order valence-corrected chi connectivity index (χ2v) is 5.83. The molecular formula is C15H32N2. The van der Waals surface area contributed by atoms with E-state index in [1.165, 1.54) is 45.2 Å². The van der Waals surface area contributed by atoms with E-state index in [0.717, 1.165) is 12.5 Å². The number of rotatable bonds is 7. The number of nitrogens with one attached hydrogen (secondary N) is 1. The van der Waals surface area contributed by atoms with E-state index in [0.29, 0.717) is 12.1 Å². The number of hydrogen-bond donors (Lipinski definition) is 1. The largest absolute Gasteiger partial charge is 0.313 e. The van der Waals surface area contributed by atoms with Crippen LogP contribution in [-0.2, 0) is 0 Å². The normalized spacial score (nSPS) is 22.6. The minimum absolute atomic E-state index is 0.662. The van der Waals surface area contributed by atoms with Crippen LogP contribution < -0.4 is 5.32 Å². The summed E-state index contributed by atoms with van der Waals surface area (Å²) in [6, 6.07) is 1.36. The first-order valence-electron chi connectivity index (χ1n) is 7.64. The van der Waals surface area contributed by atoms with Gasteiger partial charge in [-0.2, -0.15) is 0 Å². The maximum Gasteiger partial charge on any atom is 0.0192 e. The van der Waals surface area contributed by atoms with Crippen molar-refractivity contribution in [3.8, 4) is 0 Å². The van der Waals surface area contributed by atoms with Crippen molar-refractivity contribution >= 4 is 0 Å². The van der Waals surface area contributed by atoms with Crippen LogP contribution in [0.15, 0.2) is 0 Å². The molecule has 0 aromatic rings. The maximum absolute atomic E-state index is 3.62. The van der Waals surface area contributed by atoms with Crippen LogP contribution in [0.1, 0.15) is 59.8 Å². The Bertz CT molecular complexity index is 185. The van der Waals surface area contributed by atoms with Crippen LogP contribution in [0.5, 0.6) is 0 Å². The summed E-state index contributed by atoms with van der Waals surface area (Å²) in [5.74, 6) is 1.01. The quantitative estimate of drug-likeness (QED) is 0.735. The molecule has 0 aromatic heterocycles. The Kier molecular flexibility index (Phi) is 7.14. The van der Waals surface area contributed by atoms with Crippen molar-refractivity contribution in [2.45, 2.75) is 71.9 Å². The van der Waals surface area contributed by atoms with Gasteiger partial charge in [-0.15, -0.1) is 0 Å². The van der Waals surface area contributed by atoms with Gasteiger partial charge in [0.2, 0.25) is 0 Å². The molecule has 2 atom stereocenters. The molecule has 0 saturated carbocycles. The predicted molar refractivity (Wildman–Crippen MR) is 76.4 cm³/mol. The Hall–Kier alpha value is -0.0800. The van der Waals surface area contributed by atoms with Gasteiger partial charge < -0.3 is 5.32 Å². The second kappa shape index (κ2) is 8.10. The molecule has 1 fully saturated rings. The summed E-state index contributed by atoms with van der Waals surface area (Å²) in [6.45, 7) is 13.0. The molecule has 0 bridgehead atoms. The van der Waals surface area contributed by atoms with Gasteiger partial charge in [0, 0.05) is 18.6 Å². The molecule has 0 aromatic carbocycles. The van der Waals surface area contributed by atoms with E-state index in [1.54, 1.807) is 0 Å². The molecule has 0 aliphatic carbocycles. The fourth-order valence-electron chi connectivity index (χ4n) is 2.74. The van der Waals surface area contributed by atoms with E-state index in [2.05, 4.69) is 37.9 Å². The third kappa shape index (κ3) is 5.39. The fourth-order valence-corrected chi connectivity index (χ4v) is 2.74. The fraction of sp³-hybridized carbons (Fsp3) is 1.00. The van der Waals surface area contributed by atoms with E-state index in [1.807, 2.05) is 0 Å². The van der Waals surface area contributed by atoms with Gasteiger partial charge in [-0.3, -0.25) is 4.90 Å². The highest BCUT2D eigenvalue weighted by Crippen LogP contribution is 2.22. The number of piperidine rings is 1. The topological polar surface area (TPSA) is 15.3 Å². The molecule has 1 aliphatic heterocycles. The zero-order chi connectivity index (χ0) is 12.7. The number of likely N-dealkylation sites (tertiary alicyclic amines) is 1. The van der Waals surface area contributed by atoms with Gasteiger partial charge in [-0.1, -0.05) is 26.7 Å². The average molecular weight is 240 g/mol. The van der Waals surface area contributed by atoms with Crippen molar-refractivity contribution < 1.29 is 0 Å². The molecule has 2 unspecified atom stereocenters. The van der Waals surface area contributed by atoms with E-state index in [4.69, 9.17) is 0 Å². The Balaban J connectivity index is 2.19. The third-order valence-corrected chi connectivity index (χ3v) is 4.34. The molecule has 2 nitrogen and oxygen atoms in total. The zero-order valence-corrected chi connectivity index (χ0v) is 12.3. The summed E-state index contributed by atoms with van der Waals surface area (Å²) >= 11 is 0. The minimum Gasteiger partial charge on any atom is -0.313 e. The van der Waals surface area contributed by atoms with Crippen molar-refractivity contribution in [1.82, 2.24) is 10.2 Å². The summed E-state index contributed by atoms with van der Waals surface area (Å²) in [7, 11) is 0. The summed E-state index contributed by atoms with van der Waals surface area (Å²) in [4.78, 5) is 2.67. The molecule has 2 heteroatoms. The Morgan fingerprint density at radius 2 is 1.82 bits per heavy atom. The first-order valence-corrected chi connectivity index (χ1v) is 7.64. The van der Waals surface area contributed by atoms with Crippen LogP contribution in [0.2, 0.25) is 0 Å². The van der Waals surface area contributed by atoms with E-state index in [9.17, 15) is 0 Å². The highest BCUT2D eigenvalue weighted by atomic mass is 15.2. The average Bonchev–Trinajstić information content (AvgIpc) is 2.36. The summed E-state index contributed by atoms with van der Waals surface area (Å²) in [5.41, 5.74) is 0. The van der Waals surface area contributed by atoms with Crippen LogP contribution in [0.25, 0.3) is 0 Å². The first kappa shape index (κ1) is 15.0. The smallest absolute Gasteiger partial charge is 0.0192 e. The highest BCUT2D eigenvalue weighted by molar-refractivity contribution is 4.78. The van der Waals surface area contributed by atoms with E-state index >= 15 is 0 Å². The molecule has 0 amide bonds. The summed E-state index contributed by atoms with van der Waals surface area (Å²) < 4.78 is 0. The van der Waals surface area contributed by atoms with Gasteiger partial charge in [-0.05, 0) is 52.1 Å². The van der Waals surface area contributed by atoms with Crippen LogP contribution in [0.4, 0.5) is 0 Å². The number of nitrogens with zero attached hydrogens (tertiary/aromatic N) is 1. The van der Waals surface area contributed by atoms with Gasteiger partial charge in [-0.25, -0.2) is 0 Å². The van der Waals surface area contributed by atoms with Crippen LogP contribution in [-0.4, -0.2) is 36.6 Å². The Labute approximate surface area is 108 Å². The van der Waals surface area contributed by atoms with Crippen molar-refractivity contribution in [1.29, 1.82) is 0 Å². The molecule has 0 spiro atoms. The lowest BCUT2D eigenvalue weighted by Gasteiger charge is -2.36. The standard InChI is InChI=1S/C15H32N2/c1-5-7-15-8-10-17(11-9-15)14(4)12-16-13(3)6-2/h13-16H,5-12H2,1-4H3. The molecule has 1 rings (SSSR count). The highest BCUT2D eigenvalue weighted by Gasteiger charge is 2.21. The summed E-state index contributed by atoms with van der Waals surface area (Å²) in [5, 5.41) is 3.62. The first-order chi connectivity index (χ1) is 8.17. The monoisotopic (exact) mass is 240 g/mol. The molecule has 17 heavy (non-hydrogen) atoms. The van der Waals surface area contributed by atoms with Gasteiger partial charge in [0.05, 0.1) is 0 Å². The van der Waals surface area contributed by atoms with E-state index in [-0.39, 0.29) is 0 Å². The molecule has 0 radical (unpaired) electrons. The Morgan fingerprint density at radius 1 is 1.18 bits per heavy atom. The third-order valence-electron chi connectivity index (χ3n) is 4.34. The van der Waals surface area contributed by atoms with Gasteiger partial charge >= 0.3 is 0 Å². The molecule has 1 N–H and O–H groups in total. The number of hydrogen-bond acceptors (Lipinski definition) is 2. The molecule has 1 aliphatic rings. The van der Waals surface area contributed by atoms with Crippen LogP contribution in [0.3, 0.4) is 0 Å². The van der Waals surface area contributed by atoms with E-state index < -0.39 is 0 Å². The SMILES string of the molecule is CCCC1CCN(C(C)CNC(C)CC)CC1. The second-order valence-electron chi connectivity index (χ2n) is 5.83. The lowest BCUT2D eigenvalue weighted by Crippen LogP contribution is -2.46. The minimum atomic E-state index is 0.662. The lowest BCUT2D eigenvalue weighted by atomic mass is 9.92. The van der Waals surface area contributed by atoms with Gasteiger partial charge in [0.15, 0.2) is 0 Å². The molecule has 1 heterocycles. The van der Waals surface area contributed by atoms with Crippen molar-refractivity contribution in [3.63, 3.8) is 0 Å². The van der Waals surface area contributed by atoms with Crippen LogP contribution in [0, 0.1) is 5.92 Å². The zero-order valence-electron chi connectivity index (χ0n) is 12.3. The molecule has 102 valence electrons. The van der Waals surface area contributed by atoms with Crippen molar-refractivity contribution in [2.75, 3.05) is 19.6 Å². The van der Waals surface area contributed by atoms with Gasteiger partial charge in [0.1, 0.15) is 0 Å². The maximum atomic E-state index is 3.62. The molecule has 1 saturated heterocycles.